The number of rotatable bonds is 7. The molecule has 0 atom stereocenters. The summed E-state index contributed by atoms with van der Waals surface area (Å²) < 4.78 is 32.5. The van der Waals surface area contributed by atoms with Crippen molar-refractivity contribution in [3.05, 3.63) is 18.3 Å². The molecule has 0 unspecified atom stereocenters. The summed E-state index contributed by atoms with van der Waals surface area (Å²) in [5.74, 6) is 0.946. The first-order valence-electron chi connectivity index (χ1n) is 9.44. The Balaban J connectivity index is 1.54. The van der Waals surface area contributed by atoms with Crippen LogP contribution in [0.4, 0.5) is 0 Å². The molecule has 1 saturated heterocycles. The second kappa shape index (κ2) is 9.50. The number of thioether (sulfide) groups is 1. The Bertz CT molecular complexity index is 655. The lowest BCUT2D eigenvalue weighted by Crippen LogP contribution is -2.38. The summed E-state index contributed by atoms with van der Waals surface area (Å²) in [4.78, 5) is 7.05. The van der Waals surface area contributed by atoms with Gasteiger partial charge in [-0.3, -0.25) is 4.90 Å². The van der Waals surface area contributed by atoms with Gasteiger partial charge in [0.2, 0.25) is 10.0 Å². The third-order valence-corrected chi connectivity index (χ3v) is 8.05. The van der Waals surface area contributed by atoms with E-state index in [9.17, 15) is 8.42 Å². The number of aromatic nitrogens is 1. The highest BCUT2D eigenvalue weighted by atomic mass is 32.2. The third-order valence-electron chi connectivity index (χ3n) is 5.24. The molecule has 0 spiro atoms. The van der Waals surface area contributed by atoms with Gasteiger partial charge in [-0.1, -0.05) is 19.3 Å². The smallest absolute Gasteiger partial charge is 0.244 e. The average Bonchev–Trinajstić information content (AvgIpc) is 2.69. The van der Waals surface area contributed by atoms with Crippen molar-refractivity contribution in [1.29, 1.82) is 0 Å². The second-order valence-corrected chi connectivity index (χ2v) is 10.1. The van der Waals surface area contributed by atoms with Crippen LogP contribution in [0.3, 0.4) is 0 Å². The van der Waals surface area contributed by atoms with Crippen molar-refractivity contribution in [2.75, 3.05) is 45.6 Å². The topological polar surface area (TPSA) is 62.7 Å². The molecule has 2 aliphatic rings. The van der Waals surface area contributed by atoms with E-state index in [2.05, 4.69) is 9.88 Å². The molecule has 0 aromatic carbocycles. The predicted octanol–water partition coefficient (Wildman–Crippen LogP) is 2.46. The zero-order valence-corrected chi connectivity index (χ0v) is 17.1. The van der Waals surface area contributed by atoms with Crippen LogP contribution in [0.25, 0.3) is 0 Å². The summed E-state index contributed by atoms with van der Waals surface area (Å²) in [6.45, 7) is 4.59. The van der Waals surface area contributed by atoms with Gasteiger partial charge >= 0.3 is 0 Å². The lowest BCUT2D eigenvalue weighted by atomic mass is 9.96. The molecule has 2 fully saturated rings. The van der Waals surface area contributed by atoms with Crippen LogP contribution in [-0.4, -0.2) is 74.3 Å². The van der Waals surface area contributed by atoms with Gasteiger partial charge in [0.05, 0.1) is 18.2 Å². The molecule has 6 nitrogen and oxygen atoms in total. The first-order chi connectivity index (χ1) is 12.6. The largest absolute Gasteiger partial charge is 0.379 e. The first kappa shape index (κ1) is 20.1. The summed E-state index contributed by atoms with van der Waals surface area (Å²) >= 11 is 1.67. The lowest BCUT2D eigenvalue weighted by molar-refractivity contribution is 0.0410. The molecule has 1 aliphatic carbocycles. The second-order valence-electron chi connectivity index (χ2n) is 6.95. The summed E-state index contributed by atoms with van der Waals surface area (Å²) in [7, 11) is -1.75. The number of ether oxygens (including phenoxy) is 1. The van der Waals surface area contributed by atoms with E-state index in [-0.39, 0.29) is 6.04 Å². The number of nitrogens with zero attached hydrogens (tertiary/aromatic N) is 3. The molecule has 0 bridgehead atoms. The van der Waals surface area contributed by atoms with Crippen molar-refractivity contribution in [3.8, 4) is 0 Å². The van der Waals surface area contributed by atoms with Gasteiger partial charge in [0.1, 0.15) is 4.90 Å². The lowest BCUT2D eigenvalue weighted by Gasteiger charge is -2.30. The quantitative estimate of drug-likeness (QED) is 0.657. The maximum absolute atomic E-state index is 12.8. The van der Waals surface area contributed by atoms with Crippen LogP contribution in [0.2, 0.25) is 0 Å². The molecule has 26 heavy (non-hydrogen) atoms. The van der Waals surface area contributed by atoms with Gasteiger partial charge in [-0.25, -0.2) is 13.4 Å². The van der Waals surface area contributed by atoms with Gasteiger partial charge in [0.15, 0.2) is 0 Å². The summed E-state index contributed by atoms with van der Waals surface area (Å²) in [5, 5.41) is 0.873. The molecular weight excluding hydrogens is 370 g/mol. The van der Waals surface area contributed by atoms with Gasteiger partial charge in [-0.2, -0.15) is 4.31 Å². The van der Waals surface area contributed by atoms with E-state index in [0.717, 1.165) is 69.3 Å². The fourth-order valence-corrected chi connectivity index (χ4v) is 5.73. The van der Waals surface area contributed by atoms with E-state index in [4.69, 9.17) is 4.74 Å². The summed E-state index contributed by atoms with van der Waals surface area (Å²) in [6.07, 6.45) is 6.86. The Hall–Kier alpha value is -0.670. The Labute approximate surface area is 161 Å². The van der Waals surface area contributed by atoms with Crippen LogP contribution in [-0.2, 0) is 14.8 Å². The Morgan fingerprint density at radius 2 is 1.96 bits per heavy atom. The predicted molar refractivity (Wildman–Crippen MR) is 104 cm³/mol. The molecule has 0 amide bonds. The molecule has 8 heteroatoms. The zero-order valence-electron chi connectivity index (χ0n) is 15.5. The highest BCUT2D eigenvalue weighted by molar-refractivity contribution is 7.99. The highest BCUT2D eigenvalue weighted by Gasteiger charge is 2.29. The zero-order chi connectivity index (χ0) is 18.4. The van der Waals surface area contributed by atoms with Crippen molar-refractivity contribution in [2.45, 2.75) is 48.1 Å². The number of hydrogen-bond acceptors (Lipinski definition) is 6. The Morgan fingerprint density at radius 1 is 1.23 bits per heavy atom. The maximum Gasteiger partial charge on any atom is 0.244 e. The van der Waals surface area contributed by atoms with Crippen LogP contribution in [0.15, 0.2) is 28.3 Å². The van der Waals surface area contributed by atoms with Crippen molar-refractivity contribution in [3.63, 3.8) is 0 Å². The van der Waals surface area contributed by atoms with E-state index < -0.39 is 10.0 Å². The summed E-state index contributed by atoms with van der Waals surface area (Å²) in [6, 6.07) is 3.64. The van der Waals surface area contributed by atoms with E-state index >= 15 is 0 Å². The van der Waals surface area contributed by atoms with Crippen LogP contribution in [0, 0.1) is 0 Å². The van der Waals surface area contributed by atoms with Crippen molar-refractivity contribution >= 4 is 21.8 Å². The number of morpholine rings is 1. The normalized spacial score (nSPS) is 20.5. The molecule has 146 valence electrons. The molecule has 1 aliphatic heterocycles. The fourth-order valence-electron chi connectivity index (χ4n) is 3.52. The molecule has 0 N–H and O–H groups in total. The number of sulfonamides is 1. The monoisotopic (exact) mass is 399 g/mol. The fraction of sp³-hybridized carbons (Fsp3) is 0.722. The molecule has 1 aromatic heterocycles. The van der Waals surface area contributed by atoms with Gasteiger partial charge in [-0.05, 0) is 25.0 Å². The van der Waals surface area contributed by atoms with Crippen LogP contribution < -0.4 is 0 Å². The van der Waals surface area contributed by atoms with Crippen LogP contribution in [0.1, 0.15) is 32.1 Å². The van der Waals surface area contributed by atoms with Crippen LogP contribution in [0.5, 0.6) is 0 Å². The SMILES string of the molecule is CN(C1CCCCC1)S(=O)(=O)c1ccc(SCCN2CCOCC2)nc1. The minimum atomic E-state index is -3.45. The van der Waals surface area contributed by atoms with E-state index in [0.29, 0.717) is 4.90 Å². The van der Waals surface area contributed by atoms with Gasteiger partial charge in [-0.15, -0.1) is 11.8 Å². The van der Waals surface area contributed by atoms with E-state index in [1.807, 2.05) is 6.07 Å². The van der Waals surface area contributed by atoms with Gasteiger partial charge < -0.3 is 4.74 Å². The van der Waals surface area contributed by atoms with Crippen molar-refractivity contribution in [1.82, 2.24) is 14.2 Å². The highest BCUT2D eigenvalue weighted by Crippen LogP contribution is 2.27. The van der Waals surface area contributed by atoms with E-state index in [1.165, 1.54) is 12.6 Å². The molecule has 0 radical (unpaired) electrons. The first-order valence-corrected chi connectivity index (χ1v) is 11.9. The summed E-state index contributed by atoms with van der Waals surface area (Å²) in [5.41, 5.74) is 0. The number of pyridine rings is 1. The van der Waals surface area contributed by atoms with Crippen molar-refractivity contribution in [2.24, 2.45) is 0 Å². The minimum absolute atomic E-state index is 0.122. The Morgan fingerprint density at radius 3 is 2.62 bits per heavy atom. The maximum atomic E-state index is 12.8. The van der Waals surface area contributed by atoms with E-state index in [1.54, 1.807) is 29.2 Å². The van der Waals surface area contributed by atoms with Gasteiger partial charge in [0, 0.05) is 44.7 Å². The molecule has 3 rings (SSSR count). The Kier molecular flexibility index (Phi) is 7.34. The van der Waals surface area contributed by atoms with Gasteiger partial charge in [0.25, 0.3) is 0 Å². The third kappa shape index (κ3) is 5.19. The average molecular weight is 400 g/mol. The molecule has 1 aromatic rings. The van der Waals surface area contributed by atoms with Crippen LogP contribution >= 0.6 is 11.8 Å². The molecule has 2 heterocycles. The standard InChI is InChI=1S/C18H29N3O3S2/c1-20(16-5-3-2-4-6-16)26(22,23)17-7-8-18(19-15-17)25-14-11-21-9-12-24-13-10-21/h7-8,15-16H,2-6,9-14H2,1H3. The molecule has 1 saturated carbocycles. The number of hydrogen-bond donors (Lipinski definition) is 0. The minimum Gasteiger partial charge on any atom is -0.379 e. The van der Waals surface area contributed by atoms with Crippen molar-refractivity contribution < 1.29 is 13.2 Å². The molecular formula is C18H29N3O3S2.